The van der Waals surface area contributed by atoms with Crippen LogP contribution < -0.4 is 0 Å². The van der Waals surface area contributed by atoms with Gasteiger partial charge in [-0.3, -0.25) is 0 Å². The van der Waals surface area contributed by atoms with Gasteiger partial charge in [0.2, 0.25) is 0 Å². The van der Waals surface area contributed by atoms with E-state index in [-0.39, 0.29) is 0 Å². The molecule has 0 N–H and O–H groups in total. The van der Waals surface area contributed by atoms with Gasteiger partial charge in [0.15, 0.2) is 0 Å². The summed E-state index contributed by atoms with van der Waals surface area (Å²) >= 11 is 0. The summed E-state index contributed by atoms with van der Waals surface area (Å²) in [7, 11) is 0. The summed E-state index contributed by atoms with van der Waals surface area (Å²) in [6, 6.07) is 13.4. The van der Waals surface area contributed by atoms with E-state index in [0.717, 1.165) is 5.92 Å². The maximum Gasteiger partial charge on any atom is -0.0120 e. The molecule has 0 spiro atoms. The van der Waals surface area contributed by atoms with E-state index >= 15 is 0 Å². The normalized spacial score (nSPS) is 16.1. The first-order chi connectivity index (χ1) is 6.84. The average molecular weight is 182 g/mol. The van der Waals surface area contributed by atoms with Gasteiger partial charge in [0.05, 0.1) is 0 Å². The molecule has 0 radical (unpaired) electrons. The van der Waals surface area contributed by atoms with Gasteiger partial charge in [-0.05, 0) is 40.7 Å². The first kappa shape index (κ1) is 8.05. The first-order valence-electron chi connectivity index (χ1n) is 5.34. The van der Waals surface area contributed by atoms with E-state index < -0.39 is 0 Å². The molecule has 0 fully saturated rings. The van der Waals surface area contributed by atoms with Crippen molar-refractivity contribution in [3.8, 4) is 0 Å². The minimum atomic E-state index is 0.801. The third-order valence-electron chi connectivity index (χ3n) is 3.21. The zero-order valence-corrected chi connectivity index (χ0v) is 8.46. The molecule has 0 atom stereocenters. The number of hydrogen-bond acceptors (Lipinski definition) is 0. The van der Waals surface area contributed by atoms with Crippen LogP contribution in [0.2, 0.25) is 0 Å². The molecule has 2 aromatic rings. The molecular weight excluding hydrogens is 168 g/mol. The Morgan fingerprint density at radius 1 is 0.929 bits per heavy atom. The van der Waals surface area contributed by atoms with Crippen molar-refractivity contribution in [2.75, 3.05) is 0 Å². The highest BCUT2D eigenvalue weighted by Crippen LogP contribution is 2.31. The van der Waals surface area contributed by atoms with E-state index in [2.05, 4.69) is 43.3 Å². The number of hydrogen-bond donors (Lipinski definition) is 0. The molecule has 3 rings (SSSR count). The Kier molecular flexibility index (Phi) is 1.63. The molecule has 0 heteroatoms. The molecule has 1 aliphatic carbocycles. The Morgan fingerprint density at radius 2 is 1.50 bits per heavy atom. The smallest absolute Gasteiger partial charge is 0.0120 e. The van der Waals surface area contributed by atoms with Crippen LogP contribution in [0, 0.1) is 5.92 Å². The lowest BCUT2D eigenvalue weighted by Gasteiger charge is -2.22. The van der Waals surface area contributed by atoms with Crippen molar-refractivity contribution in [1.29, 1.82) is 0 Å². The molecule has 14 heavy (non-hydrogen) atoms. The minimum absolute atomic E-state index is 0.801. The van der Waals surface area contributed by atoms with Crippen molar-refractivity contribution in [3.05, 3.63) is 47.5 Å². The fourth-order valence-corrected chi connectivity index (χ4v) is 2.66. The van der Waals surface area contributed by atoms with E-state index in [4.69, 9.17) is 0 Å². The van der Waals surface area contributed by atoms with Crippen molar-refractivity contribution in [3.63, 3.8) is 0 Å². The predicted octanol–water partition coefficient (Wildman–Crippen LogP) is 3.57. The van der Waals surface area contributed by atoms with Gasteiger partial charge in [-0.1, -0.05) is 43.3 Å². The van der Waals surface area contributed by atoms with Gasteiger partial charge in [0.25, 0.3) is 0 Å². The van der Waals surface area contributed by atoms with Crippen LogP contribution in [-0.4, -0.2) is 0 Å². The molecule has 0 amide bonds. The van der Waals surface area contributed by atoms with E-state index in [1.54, 1.807) is 0 Å². The van der Waals surface area contributed by atoms with Crippen molar-refractivity contribution in [1.82, 2.24) is 0 Å². The van der Waals surface area contributed by atoms with Crippen molar-refractivity contribution in [2.45, 2.75) is 19.8 Å². The van der Waals surface area contributed by atoms with Gasteiger partial charge in [0, 0.05) is 0 Å². The zero-order chi connectivity index (χ0) is 9.54. The fraction of sp³-hybridized carbons (Fsp3) is 0.286. The highest BCUT2D eigenvalue weighted by atomic mass is 14.2. The molecule has 0 bridgehead atoms. The summed E-state index contributed by atoms with van der Waals surface area (Å²) in [6.45, 7) is 2.34. The Bertz CT molecular complexity index is 442. The van der Waals surface area contributed by atoms with Crippen molar-refractivity contribution in [2.24, 2.45) is 5.92 Å². The second-order valence-corrected chi connectivity index (χ2v) is 4.45. The number of benzene rings is 2. The molecule has 0 heterocycles. The topological polar surface area (TPSA) is 0 Å². The van der Waals surface area contributed by atoms with Gasteiger partial charge in [-0.2, -0.15) is 0 Å². The summed E-state index contributed by atoms with van der Waals surface area (Å²) in [5.74, 6) is 0.801. The molecule has 0 aromatic heterocycles. The molecule has 1 aliphatic rings. The first-order valence-corrected chi connectivity index (χ1v) is 5.34. The van der Waals surface area contributed by atoms with Crippen LogP contribution >= 0.6 is 0 Å². The van der Waals surface area contributed by atoms with Gasteiger partial charge >= 0.3 is 0 Å². The minimum Gasteiger partial charge on any atom is -0.0619 e. The molecule has 0 nitrogen and oxygen atoms in total. The monoisotopic (exact) mass is 182 g/mol. The highest BCUT2D eigenvalue weighted by Gasteiger charge is 2.16. The third-order valence-corrected chi connectivity index (χ3v) is 3.21. The Morgan fingerprint density at radius 3 is 2.07 bits per heavy atom. The van der Waals surface area contributed by atoms with Gasteiger partial charge in [-0.25, -0.2) is 0 Å². The highest BCUT2D eigenvalue weighted by molar-refractivity contribution is 5.89. The van der Waals surface area contributed by atoms with Crippen LogP contribution in [0.25, 0.3) is 10.8 Å². The quantitative estimate of drug-likeness (QED) is 0.584. The van der Waals surface area contributed by atoms with E-state index in [0.29, 0.717) is 0 Å². The SMILES string of the molecule is CC1Cc2cccc3cccc(c23)C1. The second-order valence-electron chi connectivity index (χ2n) is 4.45. The predicted molar refractivity (Wildman–Crippen MR) is 60.5 cm³/mol. The third kappa shape index (κ3) is 1.07. The zero-order valence-electron chi connectivity index (χ0n) is 8.46. The van der Waals surface area contributed by atoms with Crippen LogP contribution in [0.5, 0.6) is 0 Å². The van der Waals surface area contributed by atoms with Crippen LogP contribution in [0.4, 0.5) is 0 Å². The fourth-order valence-electron chi connectivity index (χ4n) is 2.66. The summed E-state index contributed by atoms with van der Waals surface area (Å²) in [5.41, 5.74) is 3.08. The van der Waals surface area contributed by atoms with Crippen LogP contribution in [0.3, 0.4) is 0 Å². The van der Waals surface area contributed by atoms with Crippen molar-refractivity contribution >= 4 is 10.8 Å². The molecule has 0 unspecified atom stereocenters. The van der Waals surface area contributed by atoms with Gasteiger partial charge in [-0.15, -0.1) is 0 Å². The van der Waals surface area contributed by atoms with E-state index in [1.165, 1.54) is 34.7 Å². The molecular formula is C14H14. The Hall–Kier alpha value is -1.30. The van der Waals surface area contributed by atoms with Crippen molar-refractivity contribution < 1.29 is 0 Å². The molecule has 70 valence electrons. The molecule has 2 aromatic carbocycles. The van der Waals surface area contributed by atoms with E-state index in [9.17, 15) is 0 Å². The van der Waals surface area contributed by atoms with Gasteiger partial charge in [0.1, 0.15) is 0 Å². The Labute approximate surface area is 84.6 Å². The van der Waals surface area contributed by atoms with Crippen LogP contribution in [-0.2, 0) is 12.8 Å². The number of rotatable bonds is 0. The lowest BCUT2D eigenvalue weighted by Crippen LogP contribution is -2.10. The second kappa shape index (κ2) is 2.84. The molecule has 0 saturated heterocycles. The average Bonchev–Trinajstić information content (AvgIpc) is 2.18. The summed E-state index contributed by atoms with van der Waals surface area (Å²) in [5, 5.41) is 2.93. The standard InChI is InChI=1S/C14H14/c1-10-8-12-6-2-4-11-5-3-7-13(9-10)14(11)12/h2-7,10H,8-9H2,1H3. The lowest BCUT2D eigenvalue weighted by molar-refractivity contribution is 0.570. The largest absolute Gasteiger partial charge is 0.0619 e. The lowest BCUT2D eigenvalue weighted by atomic mass is 9.83. The molecule has 0 saturated carbocycles. The van der Waals surface area contributed by atoms with Crippen LogP contribution in [0.15, 0.2) is 36.4 Å². The summed E-state index contributed by atoms with van der Waals surface area (Å²) in [6.07, 6.45) is 2.49. The Balaban J connectivity index is 2.40. The van der Waals surface area contributed by atoms with Crippen LogP contribution in [0.1, 0.15) is 18.1 Å². The maximum atomic E-state index is 2.34. The van der Waals surface area contributed by atoms with Gasteiger partial charge < -0.3 is 0 Å². The molecule has 0 aliphatic heterocycles. The maximum absolute atomic E-state index is 2.34. The summed E-state index contributed by atoms with van der Waals surface area (Å²) in [4.78, 5) is 0. The van der Waals surface area contributed by atoms with E-state index in [1.807, 2.05) is 0 Å². The summed E-state index contributed by atoms with van der Waals surface area (Å²) < 4.78 is 0.